The topological polar surface area (TPSA) is 76.8 Å². The van der Waals surface area contributed by atoms with Gasteiger partial charge in [0.05, 0.1) is 35.7 Å². The minimum absolute atomic E-state index is 0.409. The summed E-state index contributed by atoms with van der Waals surface area (Å²) in [6.07, 6.45) is 3.50. The van der Waals surface area contributed by atoms with E-state index < -0.39 is 16.1 Å². The molecule has 1 aliphatic heterocycles. The predicted octanol–water partition coefficient (Wildman–Crippen LogP) is 4.72. The molecule has 33 heavy (non-hydrogen) atoms. The summed E-state index contributed by atoms with van der Waals surface area (Å²) in [5.74, 6) is 0.656. The third kappa shape index (κ3) is 4.05. The summed E-state index contributed by atoms with van der Waals surface area (Å²) in [6, 6.07) is 20.7. The molecular formula is C24H22N4O3S2. The fourth-order valence-electron chi connectivity index (χ4n) is 4.02. The van der Waals surface area contributed by atoms with Gasteiger partial charge in [0, 0.05) is 23.7 Å². The van der Waals surface area contributed by atoms with Crippen LogP contribution in [0.2, 0.25) is 0 Å². The largest absolute Gasteiger partial charge is 0.496 e. The highest BCUT2D eigenvalue weighted by Crippen LogP contribution is 2.41. The molecular weight excluding hydrogens is 456 g/mol. The molecule has 5 rings (SSSR count). The van der Waals surface area contributed by atoms with Crippen LogP contribution in [0.4, 0.5) is 0 Å². The average Bonchev–Trinajstić information content (AvgIpc) is 3.58. The number of para-hydroxylation sites is 2. The monoisotopic (exact) mass is 478 g/mol. The summed E-state index contributed by atoms with van der Waals surface area (Å²) < 4.78 is 34.1. The normalized spacial score (nSPS) is 16.1. The lowest BCUT2D eigenvalue weighted by atomic mass is 9.98. The summed E-state index contributed by atoms with van der Waals surface area (Å²) >= 11 is 1.57. The van der Waals surface area contributed by atoms with Crippen molar-refractivity contribution in [2.75, 3.05) is 13.4 Å². The Labute approximate surface area is 196 Å². The maximum atomic E-state index is 12.8. The molecule has 4 aromatic rings. The third-order valence-corrected chi connectivity index (χ3v) is 7.40. The smallest absolute Gasteiger partial charge is 0.247 e. The quantitative estimate of drug-likeness (QED) is 0.402. The SMILES string of the molecule is COc1ccccc1C1=NN(S(C)(=O)=O)[C@H](c2cn(-c3ccccc3)nc2-c2cccs2)C1. The number of rotatable bonds is 6. The first-order valence-electron chi connectivity index (χ1n) is 10.3. The molecule has 0 bridgehead atoms. The Balaban J connectivity index is 1.64. The first-order chi connectivity index (χ1) is 16.0. The van der Waals surface area contributed by atoms with Gasteiger partial charge < -0.3 is 4.74 Å². The standard InChI is InChI=1S/C24H22N4O3S2/c1-31-22-12-7-6-11-18(22)20-15-21(28(25-20)33(2,29)30)19-16-27(17-9-4-3-5-10-17)26-24(19)23-13-8-14-32-23/h3-14,16,21H,15H2,1-2H3/t21-/m0/s1. The van der Waals surface area contributed by atoms with Crippen LogP contribution in [0.3, 0.4) is 0 Å². The molecule has 2 aromatic heterocycles. The maximum absolute atomic E-state index is 12.8. The van der Waals surface area contributed by atoms with E-state index >= 15 is 0 Å². The van der Waals surface area contributed by atoms with Gasteiger partial charge in [-0.15, -0.1) is 11.3 Å². The van der Waals surface area contributed by atoms with Crippen LogP contribution in [0.1, 0.15) is 23.6 Å². The van der Waals surface area contributed by atoms with Crippen molar-refractivity contribution >= 4 is 27.1 Å². The average molecular weight is 479 g/mol. The van der Waals surface area contributed by atoms with Crippen LogP contribution < -0.4 is 4.74 Å². The van der Waals surface area contributed by atoms with Crippen molar-refractivity contribution in [2.24, 2.45) is 5.10 Å². The Bertz CT molecular complexity index is 1410. The highest BCUT2D eigenvalue weighted by Gasteiger charge is 2.38. The van der Waals surface area contributed by atoms with Gasteiger partial charge in [-0.3, -0.25) is 0 Å². The summed E-state index contributed by atoms with van der Waals surface area (Å²) in [4.78, 5) is 0.971. The van der Waals surface area contributed by atoms with E-state index in [0.29, 0.717) is 17.9 Å². The molecule has 0 saturated heterocycles. The lowest BCUT2D eigenvalue weighted by Gasteiger charge is -2.20. The second kappa shape index (κ2) is 8.49. The van der Waals surface area contributed by atoms with Gasteiger partial charge in [0.1, 0.15) is 11.4 Å². The Morgan fingerprint density at radius 3 is 2.48 bits per heavy atom. The lowest BCUT2D eigenvalue weighted by molar-refractivity contribution is 0.375. The molecule has 0 amide bonds. The highest BCUT2D eigenvalue weighted by atomic mass is 32.2. The molecule has 0 N–H and O–H groups in total. The highest BCUT2D eigenvalue weighted by molar-refractivity contribution is 7.88. The Morgan fingerprint density at radius 1 is 1.03 bits per heavy atom. The maximum Gasteiger partial charge on any atom is 0.247 e. The second-order valence-corrected chi connectivity index (χ2v) is 10.5. The van der Waals surface area contributed by atoms with Crippen LogP contribution >= 0.6 is 11.3 Å². The van der Waals surface area contributed by atoms with Crippen molar-refractivity contribution < 1.29 is 13.2 Å². The fraction of sp³-hybridized carbons (Fsp3) is 0.167. The molecule has 0 saturated carbocycles. The van der Waals surface area contributed by atoms with Crippen molar-refractivity contribution in [2.45, 2.75) is 12.5 Å². The van der Waals surface area contributed by atoms with Gasteiger partial charge in [0.25, 0.3) is 0 Å². The third-order valence-electron chi connectivity index (χ3n) is 5.51. The second-order valence-electron chi connectivity index (χ2n) is 7.69. The molecule has 1 aliphatic rings. The molecule has 9 heteroatoms. The number of hydrazone groups is 1. The van der Waals surface area contributed by atoms with Crippen LogP contribution in [0, 0.1) is 0 Å². The Morgan fingerprint density at radius 2 is 1.79 bits per heavy atom. The van der Waals surface area contributed by atoms with E-state index in [4.69, 9.17) is 9.84 Å². The van der Waals surface area contributed by atoms with Crippen molar-refractivity contribution in [3.8, 4) is 22.0 Å². The number of nitrogens with zero attached hydrogens (tertiary/aromatic N) is 4. The van der Waals surface area contributed by atoms with Crippen LogP contribution in [-0.4, -0.2) is 41.7 Å². The van der Waals surface area contributed by atoms with Crippen LogP contribution in [0.5, 0.6) is 5.75 Å². The molecule has 0 radical (unpaired) electrons. The number of hydrogen-bond acceptors (Lipinski definition) is 6. The molecule has 0 fully saturated rings. The van der Waals surface area contributed by atoms with E-state index in [1.54, 1.807) is 23.1 Å². The number of sulfonamides is 1. The van der Waals surface area contributed by atoms with E-state index in [1.807, 2.05) is 78.3 Å². The van der Waals surface area contributed by atoms with Crippen molar-refractivity contribution in [3.05, 3.63) is 89.4 Å². The van der Waals surface area contributed by atoms with Crippen molar-refractivity contribution in [1.82, 2.24) is 14.2 Å². The summed E-state index contributed by atoms with van der Waals surface area (Å²) in [5, 5.41) is 11.4. The van der Waals surface area contributed by atoms with Gasteiger partial charge >= 0.3 is 0 Å². The zero-order chi connectivity index (χ0) is 23.0. The Hall–Kier alpha value is -3.43. The van der Waals surface area contributed by atoms with Crippen LogP contribution in [0.25, 0.3) is 16.3 Å². The van der Waals surface area contributed by atoms with E-state index in [9.17, 15) is 8.42 Å². The van der Waals surface area contributed by atoms with Crippen LogP contribution in [0.15, 0.2) is 83.4 Å². The Kier molecular flexibility index (Phi) is 5.51. The fourth-order valence-corrected chi connectivity index (χ4v) is 5.65. The zero-order valence-electron chi connectivity index (χ0n) is 18.1. The van der Waals surface area contributed by atoms with Gasteiger partial charge in [-0.25, -0.2) is 13.1 Å². The number of thiophene rings is 1. The summed E-state index contributed by atoms with van der Waals surface area (Å²) in [6.45, 7) is 0. The number of aromatic nitrogens is 2. The number of methoxy groups -OCH3 is 1. The van der Waals surface area contributed by atoms with Crippen molar-refractivity contribution in [3.63, 3.8) is 0 Å². The number of hydrogen-bond donors (Lipinski definition) is 0. The van der Waals surface area contributed by atoms with Gasteiger partial charge in [0.15, 0.2) is 0 Å². The zero-order valence-corrected chi connectivity index (χ0v) is 19.8. The molecule has 3 heterocycles. The number of ether oxygens (including phenoxy) is 1. The summed E-state index contributed by atoms with van der Waals surface area (Å²) in [5.41, 5.74) is 3.90. The molecule has 0 spiro atoms. The number of benzene rings is 2. The minimum atomic E-state index is -3.63. The molecule has 2 aromatic carbocycles. The predicted molar refractivity (Wildman–Crippen MR) is 130 cm³/mol. The van der Waals surface area contributed by atoms with E-state index in [2.05, 4.69) is 5.10 Å². The summed E-state index contributed by atoms with van der Waals surface area (Å²) in [7, 11) is -2.03. The van der Waals surface area contributed by atoms with Gasteiger partial charge in [-0.1, -0.05) is 36.4 Å². The molecule has 168 valence electrons. The minimum Gasteiger partial charge on any atom is -0.496 e. The first-order valence-corrected chi connectivity index (χ1v) is 13.1. The van der Waals surface area contributed by atoms with E-state index in [1.165, 1.54) is 10.7 Å². The van der Waals surface area contributed by atoms with Gasteiger partial charge in [0.2, 0.25) is 10.0 Å². The van der Waals surface area contributed by atoms with Crippen LogP contribution in [-0.2, 0) is 10.0 Å². The van der Waals surface area contributed by atoms with Gasteiger partial charge in [-0.2, -0.15) is 14.6 Å². The van der Waals surface area contributed by atoms with Crippen molar-refractivity contribution in [1.29, 1.82) is 0 Å². The van der Waals surface area contributed by atoms with E-state index in [-0.39, 0.29) is 0 Å². The van der Waals surface area contributed by atoms with Gasteiger partial charge in [-0.05, 0) is 35.7 Å². The molecule has 1 atom stereocenters. The lowest BCUT2D eigenvalue weighted by Crippen LogP contribution is -2.26. The molecule has 0 aliphatic carbocycles. The first kappa shape index (κ1) is 21.4. The van der Waals surface area contributed by atoms with E-state index in [0.717, 1.165) is 27.4 Å². The molecule has 0 unspecified atom stereocenters. The molecule has 7 nitrogen and oxygen atoms in total.